The van der Waals surface area contributed by atoms with Crippen molar-refractivity contribution in [2.45, 2.75) is 98.3 Å². The molecule has 0 aromatic rings. The first-order chi connectivity index (χ1) is 14.6. The van der Waals surface area contributed by atoms with E-state index in [0.717, 1.165) is 81.8 Å². The molecule has 0 bridgehead atoms. The summed E-state index contributed by atoms with van der Waals surface area (Å²) in [5.41, 5.74) is 1.65. The molecular formula is C27H44O4. The van der Waals surface area contributed by atoms with E-state index in [-0.39, 0.29) is 41.7 Å². The van der Waals surface area contributed by atoms with Crippen LogP contribution in [0.25, 0.3) is 0 Å². The molecule has 176 valence electrons. The molecule has 1 fully saturated rings. The van der Waals surface area contributed by atoms with E-state index < -0.39 is 0 Å². The second-order valence-corrected chi connectivity index (χ2v) is 11.4. The van der Waals surface area contributed by atoms with Crippen molar-refractivity contribution in [3.8, 4) is 0 Å². The van der Waals surface area contributed by atoms with E-state index in [2.05, 4.69) is 13.8 Å². The predicted molar refractivity (Wildman–Crippen MR) is 126 cm³/mol. The van der Waals surface area contributed by atoms with Crippen molar-refractivity contribution in [2.24, 2.45) is 22.7 Å². The molecule has 0 saturated heterocycles. The number of aliphatic hydroxyl groups is 2. The largest absolute Gasteiger partial charge is 0.396 e. The van der Waals surface area contributed by atoms with Crippen molar-refractivity contribution in [1.82, 2.24) is 0 Å². The average Bonchev–Trinajstić information content (AvgIpc) is 3.25. The zero-order valence-corrected chi connectivity index (χ0v) is 20.2. The van der Waals surface area contributed by atoms with Crippen LogP contribution in [-0.4, -0.2) is 35.0 Å². The van der Waals surface area contributed by atoms with Gasteiger partial charge in [-0.15, -0.1) is 0 Å². The van der Waals surface area contributed by atoms with Crippen molar-refractivity contribution < 1.29 is 19.8 Å². The van der Waals surface area contributed by atoms with Crippen LogP contribution >= 0.6 is 0 Å². The molecule has 2 unspecified atom stereocenters. The lowest BCUT2D eigenvalue weighted by Crippen LogP contribution is -2.18. The van der Waals surface area contributed by atoms with Crippen LogP contribution in [0.4, 0.5) is 0 Å². The minimum atomic E-state index is -0.0841. The fraction of sp³-hybridized carbons (Fsp3) is 0.778. The average molecular weight is 433 g/mol. The quantitative estimate of drug-likeness (QED) is 0.376. The summed E-state index contributed by atoms with van der Waals surface area (Å²) in [5, 5.41) is 18.7. The summed E-state index contributed by atoms with van der Waals surface area (Å²) in [4.78, 5) is 25.4. The molecule has 0 aromatic heterocycles. The molecule has 31 heavy (non-hydrogen) atoms. The van der Waals surface area contributed by atoms with Crippen molar-refractivity contribution in [3.63, 3.8) is 0 Å². The number of aliphatic hydroxyl groups excluding tert-OH is 2. The molecule has 0 aromatic carbocycles. The summed E-state index contributed by atoms with van der Waals surface area (Å²) >= 11 is 0. The van der Waals surface area contributed by atoms with Crippen LogP contribution in [0.1, 0.15) is 98.3 Å². The Labute approximate surface area is 189 Å². The summed E-state index contributed by atoms with van der Waals surface area (Å²) in [6.45, 7) is 8.60. The van der Waals surface area contributed by atoms with Crippen LogP contribution in [-0.2, 0) is 9.59 Å². The van der Waals surface area contributed by atoms with Crippen LogP contribution in [0.15, 0.2) is 23.3 Å². The van der Waals surface area contributed by atoms with E-state index in [0.29, 0.717) is 5.78 Å². The highest BCUT2D eigenvalue weighted by atomic mass is 16.3. The lowest BCUT2D eigenvalue weighted by Gasteiger charge is -2.22. The number of hydrogen-bond acceptors (Lipinski definition) is 4. The fourth-order valence-electron chi connectivity index (χ4n) is 4.83. The molecule has 0 heterocycles. The summed E-state index contributed by atoms with van der Waals surface area (Å²) in [6, 6.07) is 0. The molecule has 2 atom stereocenters. The normalized spacial score (nSPS) is 22.3. The number of ketones is 2. The topological polar surface area (TPSA) is 74.6 Å². The number of Topliss-reactive ketones (excluding diaryl/α,β-unsaturated/α-hetero) is 2. The summed E-state index contributed by atoms with van der Waals surface area (Å²) < 4.78 is 0. The van der Waals surface area contributed by atoms with Gasteiger partial charge in [0, 0.05) is 25.0 Å². The smallest absolute Gasteiger partial charge is 0.184 e. The highest BCUT2D eigenvalue weighted by Gasteiger charge is 2.33. The molecule has 4 heteroatoms. The number of rotatable bonds is 14. The molecule has 2 aliphatic rings. The van der Waals surface area contributed by atoms with Crippen LogP contribution < -0.4 is 0 Å². The molecule has 0 aliphatic heterocycles. The molecule has 0 amide bonds. The van der Waals surface area contributed by atoms with Gasteiger partial charge in [0.2, 0.25) is 0 Å². The fourth-order valence-corrected chi connectivity index (χ4v) is 4.83. The van der Waals surface area contributed by atoms with E-state index in [1.807, 2.05) is 26.0 Å². The van der Waals surface area contributed by atoms with Gasteiger partial charge in [-0.1, -0.05) is 46.3 Å². The minimum absolute atomic E-state index is 0.0511. The summed E-state index contributed by atoms with van der Waals surface area (Å²) in [6.07, 6.45) is 14.0. The van der Waals surface area contributed by atoms with E-state index >= 15 is 0 Å². The Morgan fingerprint density at radius 2 is 1.23 bits per heavy atom. The van der Waals surface area contributed by atoms with Crippen molar-refractivity contribution in [2.75, 3.05) is 13.2 Å². The van der Waals surface area contributed by atoms with Gasteiger partial charge in [-0.05, 0) is 86.2 Å². The van der Waals surface area contributed by atoms with Crippen molar-refractivity contribution in [3.05, 3.63) is 23.3 Å². The van der Waals surface area contributed by atoms with Crippen molar-refractivity contribution in [1.29, 1.82) is 0 Å². The second-order valence-electron chi connectivity index (χ2n) is 11.4. The minimum Gasteiger partial charge on any atom is -0.396 e. The lowest BCUT2D eigenvalue weighted by molar-refractivity contribution is -0.124. The van der Waals surface area contributed by atoms with Gasteiger partial charge in [0.1, 0.15) is 5.78 Å². The van der Waals surface area contributed by atoms with E-state index in [9.17, 15) is 19.8 Å². The van der Waals surface area contributed by atoms with Crippen LogP contribution in [0.5, 0.6) is 0 Å². The standard InChI is InChI=1S/C27H44O4/c1-26(2,18-28)16-6-10-22-14-12-20(24(22)30)8-5-9-21-13-15-23(25(21)31)11-7-17-27(3,4)19-29/h12,14,21,23,28-29H,5-11,13,15-19H2,1-4H3. The Morgan fingerprint density at radius 1 is 0.774 bits per heavy atom. The molecule has 2 N–H and O–H groups in total. The van der Waals surface area contributed by atoms with Gasteiger partial charge in [0.25, 0.3) is 0 Å². The Morgan fingerprint density at radius 3 is 1.74 bits per heavy atom. The first kappa shape index (κ1) is 26.0. The molecule has 0 spiro atoms. The molecule has 2 rings (SSSR count). The number of carbonyl (C=O) groups excluding carboxylic acids is 2. The monoisotopic (exact) mass is 432 g/mol. The first-order valence-corrected chi connectivity index (χ1v) is 12.3. The van der Waals surface area contributed by atoms with Crippen LogP contribution in [0.3, 0.4) is 0 Å². The molecule has 1 saturated carbocycles. The number of hydrogen-bond donors (Lipinski definition) is 2. The zero-order valence-electron chi connectivity index (χ0n) is 20.2. The Kier molecular flexibility index (Phi) is 9.69. The molecular weight excluding hydrogens is 388 g/mol. The maximum atomic E-state index is 12.7. The molecule has 4 nitrogen and oxygen atoms in total. The third kappa shape index (κ3) is 7.98. The maximum absolute atomic E-state index is 12.7. The highest BCUT2D eigenvalue weighted by molar-refractivity contribution is 6.11. The van der Waals surface area contributed by atoms with Crippen molar-refractivity contribution >= 4 is 11.6 Å². The number of carbonyl (C=O) groups is 2. The van der Waals surface area contributed by atoms with Crippen LogP contribution in [0.2, 0.25) is 0 Å². The third-order valence-electron chi connectivity index (χ3n) is 7.30. The Balaban J connectivity index is 1.65. The SMILES string of the molecule is CC(C)(CO)CCCC1=CC=C(CCCC2CCC(CCCC(C)(C)CO)C2=O)C1=O. The van der Waals surface area contributed by atoms with Gasteiger partial charge in [-0.25, -0.2) is 0 Å². The predicted octanol–water partition coefficient (Wildman–Crippen LogP) is 5.57. The maximum Gasteiger partial charge on any atom is 0.184 e. The van der Waals surface area contributed by atoms with Gasteiger partial charge in [-0.2, -0.15) is 0 Å². The van der Waals surface area contributed by atoms with Crippen LogP contribution in [0, 0.1) is 22.7 Å². The Hall–Kier alpha value is -1.26. The van der Waals surface area contributed by atoms with E-state index in [4.69, 9.17) is 0 Å². The van der Waals surface area contributed by atoms with Gasteiger partial charge < -0.3 is 10.2 Å². The lowest BCUT2D eigenvalue weighted by atomic mass is 9.85. The van der Waals surface area contributed by atoms with E-state index in [1.165, 1.54) is 0 Å². The Bertz CT molecular complexity index is 683. The van der Waals surface area contributed by atoms with E-state index in [1.54, 1.807) is 0 Å². The summed E-state index contributed by atoms with van der Waals surface area (Å²) in [5.74, 6) is 0.979. The highest BCUT2D eigenvalue weighted by Crippen LogP contribution is 2.36. The van der Waals surface area contributed by atoms with Gasteiger partial charge >= 0.3 is 0 Å². The van der Waals surface area contributed by atoms with Gasteiger partial charge in [-0.3, -0.25) is 9.59 Å². The molecule has 0 radical (unpaired) electrons. The third-order valence-corrected chi connectivity index (χ3v) is 7.30. The number of allylic oxidation sites excluding steroid dienone is 4. The van der Waals surface area contributed by atoms with Gasteiger partial charge in [0.05, 0.1) is 0 Å². The van der Waals surface area contributed by atoms with Gasteiger partial charge in [0.15, 0.2) is 5.78 Å². The molecule has 2 aliphatic carbocycles. The second kappa shape index (κ2) is 11.6. The summed E-state index contributed by atoms with van der Waals surface area (Å²) in [7, 11) is 0. The first-order valence-electron chi connectivity index (χ1n) is 12.3. The zero-order chi connectivity index (χ0) is 23.1.